The van der Waals surface area contributed by atoms with Crippen LogP contribution in [-0.2, 0) is 19.4 Å². The molecule has 0 unspecified atom stereocenters. The summed E-state index contributed by atoms with van der Waals surface area (Å²) in [6.07, 6.45) is 0.980. The minimum absolute atomic E-state index is 0.0761. The molecule has 0 aromatic heterocycles. The van der Waals surface area contributed by atoms with Gasteiger partial charge in [-0.05, 0) is 30.3 Å². The molecule has 2 aromatic carbocycles. The van der Waals surface area contributed by atoms with Crippen LogP contribution < -0.4 is 5.32 Å². The van der Waals surface area contributed by atoms with E-state index in [4.69, 9.17) is 4.74 Å². The van der Waals surface area contributed by atoms with Gasteiger partial charge in [0.25, 0.3) is 5.91 Å². The minimum atomic E-state index is -3.51. The molecule has 1 amide bonds. The van der Waals surface area contributed by atoms with Crippen molar-refractivity contribution in [2.75, 3.05) is 18.2 Å². The maximum Gasteiger partial charge on any atom is 0.338 e. The number of carbonyl (C=O) groups is 2. The number of nitrogens with one attached hydrogen (secondary N) is 1. The van der Waals surface area contributed by atoms with E-state index in [2.05, 4.69) is 0 Å². The fraction of sp³-hybridized carbons (Fsp3) is 0.125. The van der Waals surface area contributed by atoms with E-state index in [0.29, 0.717) is 0 Å². The van der Waals surface area contributed by atoms with Gasteiger partial charge in [-0.15, -0.1) is 0 Å². The van der Waals surface area contributed by atoms with Crippen LogP contribution in [0.4, 0.5) is 14.5 Å². The van der Waals surface area contributed by atoms with Crippen molar-refractivity contribution in [3.05, 3.63) is 59.7 Å². The van der Waals surface area contributed by atoms with Crippen molar-refractivity contribution in [3.8, 4) is 0 Å². The average molecular weight is 369 g/mol. The second-order valence-corrected chi connectivity index (χ2v) is 7.04. The van der Waals surface area contributed by atoms with E-state index in [1.54, 1.807) is 0 Å². The number of sulfone groups is 1. The molecule has 0 heterocycles. The quantitative estimate of drug-likeness (QED) is 0.816. The normalized spacial score (nSPS) is 11.0. The molecule has 0 fully saturated rings. The Balaban J connectivity index is 2.02. The highest BCUT2D eigenvalue weighted by molar-refractivity contribution is 7.90. The number of ether oxygens (including phenoxy) is 1. The first-order valence-electron chi connectivity index (χ1n) is 6.89. The van der Waals surface area contributed by atoms with E-state index in [-0.39, 0.29) is 10.5 Å². The number of esters is 1. The average Bonchev–Trinajstić information content (AvgIpc) is 2.55. The van der Waals surface area contributed by atoms with E-state index >= 15 is 0 Å². The van der Waals surface area contributed by atoms with Gasteiger partial charge < -0.3 is 10.1 Å². The lowest BCUT2D eigenvalue weighted by molar-refractivity contribution is -0.119. The standard InChI is InChI=1S/C16H13F2NO5S/c1-25(22,23)11-5-2-4-10(8-11)16(21)24-9-14(20)19-15-12(17)6-3-7-13(15)18/h2-8H,9H2,1H3,(H,19,20). The highest BCUT2D eigenvalue weighted by Crippen LogP contribution is 2.18. The summed E-state index contributed by atoms with van der Waals surface area (Å²) in [4.78, 5) is 23.4. The Morgan fingerprint density at radius 2 is 1.68 bits per heavy atom. The summed E-state index contributed by atoms with van der Waals surface area (Å²) in [6.45, 7) is -0.796. The van der Waals surface area contributed by atoms with Crippen molar-refractivity contribution in [3.63, 3.8) is 0 Å². The SMILES string of the molecule is CS(=O)(=O)c1cccc(C(=O)OCC(=O)Nc2c(F)cccc2F)c1. The lowest BCUT2D eigenvalue weighted by Gasteiger charge is -2.08. The maximum absolute atomic E-state index is 13.4. The fourth-order valence-electron chi connectivity index (χ4n) is 1.86. The number of halogens is 2. The number of hydrogen-bond donors (Lipinski definition) is 1. The molecule has 0 radical (unpaired) electrons. The Kier molecular flexibility index (Phi) is 5.48. The zero-order valence-electron chi connectivity index (χ0n) is 13.0. The monoisotopic (exact) mass is 369 g/mol. The molecule has 9 heteroatoms. The van der Waals surface area contributed by atoms with Crippen LogP contribution in [-0.4, -0.2) is 33.2 Å². The van der Waals surface area contributed by atoms with Crippen molar-refractivity contribution in [2.45, 2.75) is 4.90 Å². The summed E-state index contributed by atoms with van der Waals surface area (Å²) in [5.74, 6) is -3.84. The van der Waals surface area contributed by atoms with Crippen LogP contribution in [0.3, 0.4) is 0 Å². The van der Waals surface area contributed by atoms with Crippen molar-refractivity contribution in [1.82, 2.24) is 0 Å². The van der Waals surface area contributed by atoms with Crippen LogP contribution >= 0.6 is 0 Å². The Morgan fingerprint density at radius 1 is 1.08 bits per heavy atom. The van der Waals surface area contributed by atoms with Gasteiger partial charge >= 0.3 is 5.97 Å². The number of rotatable bonds is 5. The Labute approximate surface area is 142 Å². The summed E-state index contributed by atoms with van der Waals surface area (Å²) in [5.41, 5.74) is -0.726. The number of amides is 1. The molecule has 0 saturated carbocycles. The molecule has 2 aromatic rings. The smallest absolute Gasteiger partial charge is 0.338 e. The van der Waals surface area contributed by atoms with Crippen molar-refractivity contribution >= 4 is 27.4 Å². The summed E-state index contributed by atoms with van der Waals surface area (Å²) < 4.78 is 54.4. The minimum Gasteiger partial charge on any atom is -0.452 e. The topological polar surface area (TPSA) is 89.5 Å². The van der Waals surface area contributed by atoms with Crippen LogP contribution in [0.25, 0.3) is 0 Å². The van der Waals surface area contributed by atoms with Gasteiger partial charge in [-0.3, -0.25) is 4.79 Å². The van der Waals surface area contributed by atoms with Crippen LogP contribution in [0, 0.1) is 11.6 Å². The largest absolute Gasteiger partial charge is 0.452 e. The Morgan fingerprint density at radius 3 is 2.28 bits per heavy atom. The number of carbonyl (C=O) groups excluding carboxylic acids is 2. The third kappa shape index (κ3) is 4.83. The predicted molar refractivity (Wildman–Crippen MR) is 84.8 cm³/mol. The van der Waals surface area contributed by atoms with Crippen molar-refractivity contribution in [2.24, 2.45) is 0 Å². The molecule has 0 aliphatic heterocycles. The summed E-state index contributed by atoms with van der Waals surface area (Å²) in [6, 6.07) is 8.12. The molecule has 132 valence electrons. The van der Waals surface area contributed by atoms with Crippen LogP contribution in [0.2, 0.25) is 0 Å². The first-order chi connectivity index (χ1) is 11.7. The predicted octanol–water partition coefficient (Wildman–Crippen LogP) is 2.16. The van der Waals surface area contributed by atoms with Crippen LogP contribution in [0.15, 0.2) is 47.4 Å². The van der Waals surface area contributed by atoms with Crippen molar-refractivity contribution < 1.29 is 31.5 Å². The number of hydrogen-bond acceptors (Lipinski definition) is 5. The highest BCUT2D eigenvalue weighted by Gasteiger charge is 2.16. The lowest BCUT2D eigenvalue weighted by Crippen LogP contribution is -2.22. The van der Waals surface area contributed by atoms with Crippen LogP contribution in [0.5, 0.6) is 0 Å². The van der Waals surface area contributed by atoms with Gasteiger partial charge in [-0.25, -0.2) is 22.0 Å². The second-order valence-electron chi connectivity index (χ2n) is 5.02. The van der Waals surface area contributed by atoms with Gasteiger partial charge in [0.2, 0.25) is 0 Å². The molecule has 2 rings (SSSR count). The zero-order chi connectivity index (χ0) is 18.6. The molecule has 0 aliphatic carbocycles. The zero-order valence-corrected chi connectivity index (χ0v) is 13.8. The molecule has 0 aliphatic rings. The first-order valence-corrected chi connectivity index (χ1v) is 8.79. The molecule has 6 nitrogen and oxygen atoms in total. The molecule has 0 spiro atoms. The van der Waals surface area contributed by atoms with E-state index in [9.17, 15) is 26.8 Å². The molecule has 0 bridgehead atoms. The van der Waals surface area contributed by atoms with Gasteiger partial charge in [0.1, 0.15) is 17.3 Å². The number of anilines is 1. The Bertz CT molecular complexity index is 908. The molecule has 1 N–H and O–H groups in total. The molecule has 0 saturated heterocycles. The van der Waals surface area contributed by atoms with E-state index in [0.717, 1.165) is 30.5 Å². The molecule has 0 atom stereocenters. The molecule has 25 heavy (non-hydrogen) atoms. The third-order valence-corrected chi connectivity index (χ3v) is 4.17. The summed E-state index contributed by atoms with van der Waals surface area (Å²) >= 11 is 0. The van der Waals surface area contributed by atoms with Gasteiger partial charge in [-0.1, -0.05) is 12.1 Å². The highest BCUT2D eigenvalue weighted by atomic mass is 32.2. The fourth-order valence-corrected chi connectivity index (χ4v) is 2.53. The third-order valence-electron chi connectivity index (χ3n) is 3.06. The molecular weight excluding hydrogens is 356 g/mol. The van der Waals surface area contributed by atoms with Gasteiger partial charge in [-0.2, -0.15) is 0 Å². The summed E-state index contributed by atoms with van der Waals surface area (Å²) in [5, 5.41) is 1.96. The van der Waals surface area contributed by atoms with Gasteiger partial charge in [0.05, 0.1) is 10.5 Å². The Hall–Kier alpha value is -2.81. The lowest BCUT2D eigenvalue weighted by atomic mass is 10.2. The number of para-hydroxylation sites is 1. The van der Waals surface area contributed by atoms with Crippen LogP contribution in [0.1, 0.15) is 10.4 Å². The second kappa shape index (κ2) is 7.39. The number of benzene rings is 2. The molecular formula is C16H13F2NO5S. The van der Waals surface area contributed by atoms with E-state index in [1.807, 2.05) is 5.32 Å². The van der Waals surface area contributed by atoms with E-state index in [1.165, 1.54) is 18.2 Å². The van der Waals surface area contributed by atoms with Crippen molar-refractivity contribution in [1.29, 1.82) is 0 Å². The summed E-state index contributed by atoms with van der Waals surface area (Å²) in [7, 11) is -3.51. The van der Waals surface area contributed by atoms with Gasteiger partial charge in [0.15, 0.2) is 16.4 Å². The first kappa shape index (κ1) is 18.5. The van der Waals surface area contributed by atoms with E-state index < -0.39 is 45.6 Å². The maximum atomic E-state index is 13.4. The van der Waals surface area contributed by atoms with Gasteiger partial charge in [0, 0.05) is 6.26 Å².